The summed E-state index contributed by atoms with van der Waals surface area (Å²) in [6.07, 6.45) is -0.0784. The molecule has 3 aromatic carbocycles. The molecular weight excluding hydrogens is 494 g/mol. The number of carbonyl (C=O) groups excluding carboxylic acids is 2. The number of Topliss-reactive ketones (excluding diaryl/α,β-unsaturated/α-hetero) is 1. The third-order valence-electron chi connectivity index (χ3n) is 6.21. The first-order chi connectivity index (χ1) is 18.6. The van der Waals surface area contributed by atoms with Gasteiger partial charge in [0.05, 0.1) is 30.4 Å². The number of aryl methyl sites for hydroxylation is 1. The smallest absolute Gasteiger partial charge is 0.300 e. The summed E-state index contributed by atoms with van der Waals surface area (Å²) >= 11 is 0. The largest absolute Gasteiger partial charge is 0.507 e. The van der Waals surface area contributed by atoms with Gasteiger partial charge in [-0.25, -0.2) is 0 Å². The van der Waals surface area contributed by atoms with Crippen molar-refractivity contribution in [2.75, 3.05) is 11.5 Å². The third-order valence-corrected chi connectivity index (χ3v) is 6.21. The van der Waals surface area contributed by atoms with E-state index in [1.54, 1.807) is 48.5 Å². The zero-order valence-corrected chi connectivity index (χ0v) is 23.2. The maximum absolute atomic E-state index is 13.6. The van der Waals surface area contributed by atoms with E-state index in [4.69, 9.17) is 14.2 Å². The Kier molecular flexibility index (Phi) is 8.29. The first kappa shape index (κ1) is 27.8. The Morgan fingerprint density at radius 3 is 2.26 bits per heavy atom. The molecule has 1 saturated heterocycles. The summed E-state index contributed by atoms with van der Waals surface area (Å²) in [6.45, 7) is 11.9. The monoisotopic (exact) mass is 529 g/mol. The van der Waals surface area contributed by atoms with Gasteiger partial charge in [-0.2, -0.15) is 0 Å². The number of hydrogen-bond acceptors (Lipinski definition) is 6. The van der Waals surface area contributed by atoms with Crippen LogP contribution in [0.2, 0.25) is 0 Å². The third kappa shape index (κ3) is 5.93. The van der Waals surface area contributed by atoms with Gasteiger partial charge in [0.2, 0.25) is 0 Å². The number of amides is 1. The van der Waals surface area contributed by atoms with E-state index in [2.05, 4.69) is 0 Å². The first-order valence-corrected chi connectivity index (χ1v) is 13.2. The molecule has 0 aliphatic carbocycles. The highest BCUT2D eigenvalue weighted by Crippen LogP contribution is 2.43. The number of aliphatic hydroxyl groups excluding tert-OH is 1. The van der Waals surface area contributed by atoms with E-state index < -0.39 is 17.7 Å². The van der Waals surface area contributed by atoms with Crippen molar-refractivity contribution < 1.29 is 28.9 Å². The highest BCUT2D eigenvalue weighted by Gasteiger charge is 2.47. The standard InChI is InChI=1S/C32H35NO6/c1-7-37-25-12-9-11-24(18-25)33-29(22-10-8-13-26(17-22)38-19(2)3)28(31(35)32(33)36)30(34)23-14-15-27(21(6)16-23)39-20(4)5/h8-20,29,34H,7H2,1-6H3/b30-28+. The Morgan fingerprint density at radius 1 is 0.897 bits per heavy atom. The molecule has 0 aromatic heterocycles. The lowest BCUT2D eigenvalue weighted by atomic mass is 9.94. The Labute approximate surface area is 229 Å². The minimum atomic E-state index is -0.885. The summed E-state index contributed by atoms with van der Waals surface area (Å²) < 4.78 is 17.4. The van der Waals surface area contributed by atoms with E-state index in [0.717, 1.165) is 5.56 Å². The van der Waals surface area contributed by atoms with Gasteiger partial charge in [-0.1, -0.05) is 18.2 Å². The number of hydrogen-bond donors (Lipinski definition) is 1. The van der Waals surface area contributed by atoms with Crippen molar-refractivity contribution >= 4 is 23.1 Å². The van der Waals surface area contributed by atoms with Crippen LogP contribution in [-0.4, -0.2) is 35.6 Å². The molecule has 204 valence electrons. The topological polar surface area (TPSA) is 85.3 Å². The molecule has 3 aromatic rings. The number of aliphatic hydroxyl groups is 1. The van der Waals surface area contributed by atoms with E-state index in [0.29, 0.717) is 40.7 Å². The predicted octanol–water partition coefficient (Wildman–Crippen LogP) is 6.59. The molecule has 4 rings (SSSR count). The minimum absolute atomic E-state index is 0.000405. The van der Waals surface area contributed by atoms with E-state index in [1.807, 2.05) is 59.7 Å². The molecule has 0 spiro atoms. The molecule has 7 nitrogen and oxygen atoms in total. The maximum atomic E-state index is 13.6. The van der Waals surface area contributed by atoms with Gasteiger partial charge in [-0.05, 0) is 95.1 Å². The van der Waals surface area contributed by atoms with Crippen LogP contribution < -0.4 is 19.1 Å². The number of carbonyl (C=O) groups is 2. The normalized spacial score (nSPS) is 16.7. The van der Waals surface area contributed by atoms with E-state index >= 15 is 0 Å². The van der Waals surface area contributed by atoms with Crippen LogP contribution in [0.25, 0.3) is 5.76 Å². The van der Waals surface area contributed by atoms with E-state index in [1.165, 1.54) is 4.90 Å². The molecule has 0 saturated carbocycles. The first-order valence-electron chi connectivity index (χ1n) is 13.2. The molecule has 0 bridgehead atoms. The SMILES string of the molecule is CCOc1cccc(N2C(=O)C(=O)/C(=C(/O)c3ccc(OC(C)C)c(C)c3)C2c2cccc(OC(C)C)c2)c1. The average Bonchev–Trinajstić information content (AvgIpc) is 3.15. The van der Waals surface area contributed by atoms with Crippen LogP contribution in [0.4, 0.5) is 5.69 Å². The second kappa shape index (κ2) is 11.6. The summed E-state index contributed by atoms with van der Waals surface area (Å²) in [7, 11) is 0. The quantitative estimate of drug-likeness (QED) is 0.191. The van der Waals surface area contributed by atoms with Crippen molar-refractivity contribution in [2.45, 2.75) is 59.8 Å². The van der Waals surface area contributed by atoms with Crippen molar-refractivity contribution in [3.8, 4) is 17.2 Å². The van der Waals surface area contributed by atoms with Gasteiger partial charge < -0.3 is 19.3 Å². The lowest BCUT2D eigenvalue weighted by molar-refractivity contribution is -0.132. The minimum Gasteiger partial charge on any atom is -0.507 e. The van der Waals surface area contributed by atoms with Crippen molar-refractivity contribution in [1.82, 2.24) is 0 Å². The number of benzene rings is 3. The predicted molar refractivity (Wildman–Crippen MR) is 152 cm³/mol. The lowest BCUT2D eigenvalue weighted by Gasteiger charge is -2.26. The molecule has 1 N–H and O–H groups in total. The molecule has 39 heavy (non-hydrogen) atoms. The van der Waals surface area contributed by atoms with Gasteiger partial charge in [-0.3, -0.25) is 14.5 Å². The van der Waals surface area contributed by atoms with Crippen LogP contribution in [0, 0.1) is 6.92 Å². The zero-order chi connectivity index (χ0) is 28.3. The van der Waals surface area contributed by atoms with Crippen molar-refractivity contribution in [1.29, 1.82) is 0 Å². The molecule has 1 aliphatic heterocycles. The van der Waals surface area contributed by atoms with Gasteiger partial charge >= 0.3 is 0 Å². The Balaban J connectivity index is 1.90. The maximum Gasteiger partial charge on any atom is 0.300 e. The van der Waals surface area contributed by atoms with Crippen LogP contribution in [0.15, 0.2) is 72.3 Å². The fourth-order valence-electron chi connectivity index (χ4n) is 4.67. The van der Waals surface area contributed by atoms with Crippen LogP contribution in [-0.2, 0) is 9.59 Å². The fourth-order valence-corrected chi connectivity index (χ4v) is 4.67. The molecule has 1 aliphatic rings. The van der Waals surface area contributed by atoms with E-state index in [-0.39, 0.29) is 23.5 Å². The Morgan fingerprint density at radius 2 is 1.59 bits per heavy atom. The molecule has 1 unspecified atom stereocenters. The molecule has 7 heteroatoms. The second-order valence-electron chi connectivity index (χ2n) is 9.99. The molecule has 1 atom stereocenters. The van der Waals surface area contributed by atoms with Crippen LogP contribution in [0.1, 0.15) is 57.4 Å². The highest BCUT2D eigenvalue weighted by molar-refractivity contribution is 6.51. The fraction of sp³-hybridized carbons (Fsp3) is 0.312. The summed E-state index contributed by atoms with van der Waals surface area (Å²) in [6, 6.07) is 18.6. The van der Waals surface area contributed by atoms with Crippen LogP contribution >= 0.6 is 0 Å². The number of rotatable bonds is 9. The Bertz CT molecular complexity index is 1410. The van der Waals surface area contributed by atoms with Gasteiger partial charge in [-0.15, -0.1) is 0 Å². The molecule has 1 amide bonds. The van der Waals surface area contributed by atoms with Gasteiger partial charge in [0.25, 0.3) is 11.7 Å². The molecule has 1 heterocycles. The van der Waals surface area contributed by atoms with Gasteiger partial charge in [0.15, 0.2) is 0 Å². The summed E-state index contributed by atoms with van der Waals surface area (Å²) in [5, 5.41) is 11.5. The van der Waals surface area contributed by atoms with Crippen LogP contribution in [0.5, 0.6) is 17.2 Å². The van der Waals surface area contributed by atoms with Crippen LogP contribution in [0.3, 0.4) is 0 Å². The van der Waals surface area contributed by atoms with E-state index in [9.17, 15) is 14.7 Å². The summed E-state index contributed by atoms with van der Waals surface area (Å²) in [5.41, 5.74) is 2.34. The number of ketones is 1. The van der Waals surface area contributed by atoms with Gasteiger partial charge in [0.1, 0.15) is 23.0 Å². The number of ether oxygens (including phenoxy) is 3. The average molecular weight is 530 g/mol. The van der Waals surface area contributed by atoms with Gasteiger partial charge in [0, 0.05) is 17.3 Å². The number of nitrogens with zero attached hydrogens (tertiary/aromatic N) is 1. The number of anilines is 1. The Hall–Kier alpha value is -4.26. The van der Waals surface area contributed by atoms with Crippen molar-refractivity contribution in [3.05, 3.63) is 89.0 Å². The summed E-state index contributed by atoms with van der Waals surface area (Å²) in [5.74, 6) is 0.101. The lowest BCUT2D eigenvalue weighted by Crippen LogP contribution is -2.29. The zero-order valence-electron chi connectivity index (χ0n) is 23.2. The second-order valence-corrected chi connectivity index (χ2v) is 9.99. The molecule has 0 radical (unpaired) electrons. The van der Waals surface area contributed by atoms with Crippen molar-refractivity contribution in [2.24, 2.45) is 0 Å². The highest BCUT2D eigenvalue weighted by atomic mass is 16.5. The molecule has 1 fully saturated rings. The summed E-state index contributed by atoms with van der Waals surface area (Å²) in [4.78, 5) is 28.5. The van der Waals surface area contributed by atoms with Crippen molar-refractivity contribution in [3.63, 3.8) is 0 Å². The molecular formula is C32H35NO6.